The largest absolute Gasteiger partial charge is 0.534 e. The lowest BCUT2D eigenvalue weighted by molar-refractivity contribution is -0.138. The highest BCUT2D eigenvalue weighted by Crippen LogP contribution is 2.40. The number of benzene rings is 2. The van der Waals surface area contributed by atoms with Gasteiger partial charge in [0.2, 0.25) is 0 Å². The van der Waals surface area contributed by atoms with Crippen molar-refractivity contribution in [2.24, 2.45) is 5.92 Å². The van der Waals surface area contributed by atoms with Gasteiger partial charge in [0.25, 0.3) is 0 Å². The van der Waals surface area contributed by atoms with Crippen LogP contribution in [0.3, 0.4) is 0 Å². The van der Waals surface area contributed by atoms with E-state index in [1.54, 1.807) is 6.92 Å². The van der Waals surface area contributed by atoms with Gasteiger partial charge >= 0.3 is 21.6 Å². The molecule has 11 heteroatoms. The Hall–Kier alpha value is -2.66. The van der Waals surface area contributed by atoms with E-state index in [-0.39, 0.29) is 17.5 Å². The molecule has 0 aliphatic carbocycles. The molecule has 0 spiro atoms. The molecule has 1 aliphatic rings. The van der Waals surface area contributed by atoms with Crippen molar-refractivity contribution in [1.82, 2.24) is 4.90 Å². The summed E-state index contributed by atoms with van der Waals surface area (Å²) in [6.07, 6.45) is 1.75. The summed E-state index contributed by atoms with van der Waals surface area (Å²) < 4.78 is 81.8. The number of carbonyl (C=O) groups is 1. The van der Waals surface area contributed by atoms with Gasteiger partial charge in [-0.25, -0.2) is 4.39 Å². The van der Waals surface area contributed by atoms with Gasteiger partial charge in [-0.3, -0.25) is 9.69 Å². The van der Waals surface area contributed by atoms with Gasteiger partial charge in [0.05, 0.1) is 12.0 Å². The number of alkyl halides is 3. The number of nitrogens with zero attached hydrogens (tertiary/aromatic N) is 1. The van der Waals surface area contributed by atoms with E-state index in [1.165, 1.54) is 36.4 Å². The molecule has 1 saturated heterocycles. The average molecular weight is 518 g/mol. The molecule has 0 radical (unpaired) electrons. The maximum Gasteiger partial charge on any atom is 0.534 e. The molecule has 2 aromatic carbocycles. The van der Waals surface area contributed by atoms with Crippen molar-refractivity contribution in [3.05, 3.63) is 65.0 Å². The first kappa shape index (κ1) is 26.9. The highest BCUT2D eigenvalue weighted by atomic mass is 32.2. The number of hydrogen-bond donors (Lipinski definition) is 1. The van der Waals surface area contributed by atoms with E-state index in [9.17, 15) is 35.9 Å². The molecule has 35 heavy (non-hydrogen) atoms. The highest BCUT2D eigenvalue weighted by molar-refractivity contribution is 7.88. The lowest BCUT2D eigenvalue weighted by atomic mass is 9.89. The summed E-state index contributed by atoms with van der Waals surface area (Å²) in [7, 11) is -6.03. The summed E-state index contributed by atoms with van der Waals surface area (Å²) in [5, 5.41) is 9.51. The second-order valence-corrected chi connectivity index (χ2v) is 10.3. The number of halogens is 4. The topological polar surface area (TPSA) is 83.9 Å². The Morgan fingerprint density at radius 1 is 1.11 bits per heavy atom. The van der Waals surface area contributed by atoms with E-state index < -0.39 is 45.1 Å². The molecule has 0 bridgehead atoms. The monoisotopic (exact) mass is 517 g/mol. The molecule has 2 atom stereocenters. The van der Waals surface area contributed by atoms with Crippen LogP contribution in [-0.4, -0.2) is 43.0 Å². The summed E-state index contributed by atoms with van der Waals surface area (Å²) in [5.41, 5.74) is -4.92. The third-order valence-electron chi connectivity index (χ3n) is 6.29. The molecule has 1 fully saturated rings. The van der Waals surface area contributed by atoms with Crippen molar-refractivity contribution in [3.8, 4) is 5.75 Å². The quantitative estimate of drug-likeness (QED) is 0.285. The van der Waals surface area contributed by atoms with Gasteiger partial charge in [0, 0.05) is 5.56 Å². The number of piperidine rings is 1. The molecule has 0 saturated carbocycles. The number of likely N-dealkylation sites (tertiary alicyclic amines) is 1. The zero-order valence-corrected chi connectivity index (χ0v) is 20.1. The van der Waals surface area contributed by atoms with E-state index in [0.29, 0.717) is 24.6 Å². The third-order valence-corrected chi connectivity index (χ3v) is 7.26. The standard InChI is InChI=1S/C24H27F4NO5S/c1-3-19(23(30)31)17-6-9-20(21(14-17)34-35(32,33)24(26,27)28)22(16-4-7-18(25)8-5-16)29-12-10-15(2)11-13-29/h4-9,14-15,19,22H,3,10-13H2,1-2H3,(H,30,31). The van der Waals surface area contributed by atoms with E-state index >= 15 is 0 Å². The van der Waals surface area contributed by atoms with E-state index in [1.807, 2.05) is 4.90 Å². The minimum atomic E-state index is -6.03. The number of carboxylic acid groups (broad SMARTS) is 1. The van der Waals surface area contributed by atoms with Gasteiger partial charge in [-0.15, -0.1) is 0 Å². The summed E-state index contributed by atoms with van der Waals surface area (Å²) in [6.45, 7) is 4.82. The van der Waals surface area contributed by atoms with Crippen LogP contribution in [0.15, 0.2) is 42.5 Å². The van der Waals surface area contributed by atoms with Gasteiger partial charge in [-0.05, 0) is 67.6 Å². The molecule has 1 heterocycles. The smallest absolute Gasteiger partial charge is 0.481 e. The minimum absolute atomic E-state index is 0.112. The first-order chi connectivity index (χ1) is 16.3. The molecule has 2 aromatic rings. The fraction of sp³-hybridized carbons (Fsp3) is 0.458. The molecular weight excluding hydrogens is 490 g/mol. The van der Waals surface area contributed by atoms with Crippen LogP contribution in [0, 0.1) is 11.7 Å². The predicted octanol–water partition coefficient (Wildman–Crippen LogP) is 5.45. The first-order valence-corrected chi connectivity index (χ1v) is 12.6. The van der Waals surface area contributed by atoms with Crippen LogP contribution in [0.4, 0.5) is 17.6 Å². The molecule has 6 nitrogen and oxygen atoms in total. The Labute approximate surface area is 201 Å². The zero-order chi connectivity index (χ0) is 26.0. The molecule has 3 rings (SSSR count). The molecule has 0 amide bonds. The second-order valence-electron chi connectivity index (χ2n) is 8.75. The first-order valence-electron chi connectivity index (χ1n) is 11.2. The van der Waals surface area contributed by atoms with Crippen LogP contribution in [0.2, 0.25) is 0 Å². The summed E-state index contributed by atoms with van der Waals surface area (Å²) in [5.74, 6) is -2.94. The molecule has 0 aromatic heterocycles. The average Bonchev–Trinajstić information content (AvgIpc) is 2.77. The summed E-state index contributed by atoms with van der Waals surface area (Å²) in [4.78, 5) is 13.6. The van der Waals surface area contributed by atoms with Crippen LogP contribution < -0.4 is 4.18 Å². The molecule has 192 valence electrons. The number of hydrogen-bond acceptors (Lipinski definition) is 5. The number of carboxylic acids is 1. The van der Waals surface area contributed by atoms with E-state index in [4.69, 9.17) is 0 Å². The van der Waals surface area contributed by atoms with Gasteiger partial charge in [0.15, 0.2) is 0 Å². The van der Waals surface area contributed by atoms with Crippen molar-refractivity contribution >= 4 is 16.1 Å². The summed E-state index contributed by atoms with van der Waals surface area (Å²) in [6, 6.07) is 8.56. The second kappa shape index (κ2) is 10.5. The van der Waals surface area contributed by atoms with Crippen molar-refractivity contribution in [2.45, 2.75) is 50.6 Å². The normalized spacial score (nSPS) is 17.7. The van der Waals surface area contributed by atoms with E-state index in [0.717, 1.165) is 18.9 Å². The van der Waals surface area contributed by atoms with Crippen molar-refractivity contribution < 1.29 is 40.1 Å². The Morgan fingerprint density at radius 3 is 2.20 bits per heavy atom. The molecule has 2 unspecified atom stereocenters. The zero-order valence-electron chi connectivity index (χ0n) is 19.3. The number of aliphatic carboxylic acids is 1. The molecular formula is C24H27F4NO5S. The Kier molecular flexibility index (Phi) is 8.10. The Morgan fingerprint density at radius 2 is 1.69 bits per heavy atom. The fourth-order valence-corrected chi connectivity index (χ4v) is 4.78. The van der Waals surface area contributed by atoms with Crippen molar-refractivity contribution in [1.29, 1.82) is 0 Å². The van der Waals surface area contributed by atoms with Gasteiger partial charge < -0.3 is 9.29 Å². The lowest BCUT2D eigenvalue weighted by Crippen LogP contribution is -2.37. The van der Waals surface area contributed by atoms with E-state index in [2.05, 4.69) is 11.1 Å². The third kappa shape index (κ3) is 6.13. The Bertz CT molecular complexity index is 1140. The van der Waals surface area contributed by atoms with Crippen LogP contribution in [-0.2, 0) is 14.9 Å². The Balaban J connectivity index is 2.20. The van der Waals surface area contributed by atoms with Crippen LogP contribution in [0.5, 0.6) is 5.75 Å². The summed E-state index contributed by atoms with van der Waals surface area (Å²) >= 11 is 0. The molecule has 1 aliphatic heterocycles. The maximum atomic E-state index is 13.6. The van der Waals surface area contributed by atoms with Crippen LogP contribution in [0.25, 0.3) is 0 Å². The SMILES string of the molecule is CCC(C(=O)O)c1ccc(C(c2ccc(F)cc2)N2CCC(C)CC2)c(OS(=O)(=O)C(F)(F)F)c1. The highest BCUT2D eigenvalue weighted by Gasteiger charge is 2.49. The number of rotatable bonds is 8. The minimum Gasteiger partial charge on any atom is -0.481 e. The van der Waals surface area contributed by atoms with Crippen LogP contribution in [0.1, 0.15) is 61.8 Å². The predicted molar refractivity (Wildman–Crippen MR) is 121 cm³/mol. The fourth-order valence-electron chi connectivity index (χ4n) is 4.30. The van der Waals surface area contributed by atoms with Crippen molar-refractivity contribution in [2.75, 3.05) is 13.1 Å². The lowest BCUT2D eigenvalue weighted by Gasteiger charge is -2.38. The van der Waals surface area contributed by atoms with Gasteiger partial charge in [-0.2, -0.15) is 21.6 Å². The molecule has 1 N–H and O–H groups in total. The maximum absolute atomic E-state index is 13.6. The van der Waals surface area contributed by atoms with Gasteiger partial charge in [0.1, 0.15) is 11.6 Å². The van der Waals surface area contributed by atoms with Gasteiger partial charge in [-0.1, -0.05) is 38.1 Å². The van der Waals surface area contributed by atoms with Crippen molar-refractivity contribution in [3.63, 3.8) is 0 Å². The van der Waals surface area contributed by atoms with Crippen LogP contribution >= 0.6 is 0 Å².